The highest BCUT2D eigenvalue weighted by molar-refractivity contribution is 7.89. The second-order valence-corrected chi connectivity index (χ2v) is 10.1. The molecule has 1 aliphatic rings. The van der Waals surface area contributed by atoms with E-state index in [0.717, 1.165) is 18.7 Å². The second kappa shape index (κ2) is 11.1. The minimum Gasteiger partial charge on any atom is -0.459 e. The van der Waals surface area contributed by atoms with Crippen LogP contribution in [-0.2, 0) is 21.3 Å². The van der Waals surface area contributed by atoms with Crippen LogP contribution in [0, 0.1) is 0 Å². The van der Waals surface area contributed by atoms with Crippen LogP contribution in [-0.4, -0.2) is 75.0 Å². The molecule has 32 heavy (non-hydrogen) atoms. The van der Waals surface area contributed by atoms with E-state index in [1.165, 1.54) is 4.31 Å². The van der Waals surface area contributed by atoms with Crippen LogP contribution < -0.4 is 4.90 Å². The number of hydrogen-bond acceptors (Lipinski definition) is 7. The van der Waals surface area contributed by atoms with Crippen molar-refractivity contribution in [2.75, 3.05) is 45.2 Å². The molecule has 0 spiro atoms. The summed E-state index contributed by atoms with van der Waals surface area (Å²) in [4.78, 5) is 21.5. The molecule has 0 amide bonds. The lowest BCUT2D eigenvalue weighted by atomic mass is 10.2. The monoisotopic (exact) mass is 482 g/mol. The van der Waals surface area contributed by atoms with Crippen molar-refractivity contribution in [2.45, 2.75) is 31.4 Å². The average molecular weight is 483 g/mol. The predicted octanol–water partition coefficient (Wildman–Crippen LogP) is 2.64. The molecule has 0 atom stereocenters. The van der Waals surface area contributed by atoms with Crippen LogP contribution in [0.25, 0.3) is 0 Å². The first kappa shape index (κ1) is 26.1. The molecule has 2 aromatic rings. The van der Waals surface area contributed by atoms with Crippen LogP contribution in [0.2, 0.25) is 0 Å². The van der Waals surface area contributed by atoms with Crippen molar-refractivity contribution >= 4 is 34.2 Å². The third kappa shape index (κ3) is 5.98. The molecule has 0 unspecified atom stereocenters. The van der Waals surface area contributed by atoms with Crippen molar-refractivity contribution < 1.29 is 17.9 Å². The van der Waals surface area contributed by atoms with Crippen molar-refractivity contribution in [1.82, 2.24) is 14.2 Å². The quantitative estimate of drug-likeness (QED) is 0.561. The number of esters is 1. The first-order valence-electron chi connectivity index (χ1n) is 10.3. The number of nitrogens with zero attached hydrogens (tertiary/aromatic N) is 4. The van der Waals surface area contributed by atoms with E-state index in [4.69, 9.17) is 4.74 Å². The first-order chi connectivity index (χ1) is 14.7. The van der Waals surface area contributed by atoms with Crippen LogP contribution >= 0.6 is 12.4 Å². The number of halogens is 1. The maximum absolute atomic E-state index is 12.7. The fourth-order valence-electron chi connectivity index (χ4n) is 3.53. The maximum Gasteiger partial charge on any atom is 0.342 e. The number of aromatic nitrogens is 1. The van der Waals surface area contributed by atoms with E-state index < -0.39 is 10.0 Å². The third-order valence-electron chi connectivity index (χ3n) is 5.15. The Bertz CT molecular complexity index is 1020. The van der Waals surface area contributed by atoms with E-state index in [1.807, 2.05) is 26.0 Å². The Morgan fingerprint density at radius 2 is 1.75 bits per heavy atom. The van der Waals surface area contributed by atoms with Gasteiger partial charge in [0, 0.05) is 53.0 Å². The van der Waals surface area contributed by atoms with Gasteiger partial charge in [-0.2, -0.15) is 0 Å². The zero-order valence-electron chi connectivity index (χ0n) is 18.9. The number of carbonyl (C=O) groups is 1. The van der Waals surface area contributed by atoms with Gasteiger partial charge in [-0.15, -0.1) is 12.4 Å². The van der Waals surface area contributed by atoms with Crippen molar-refractivity contribution in [3.63, 3.8) is 0 Å². The second-order valence-electron chi connectivity index (χ2n) is 7.99. The molecule has 8 nitrogen and oxygen atoms in total. The SMILES string of the molecule is CC(C)OC(=O)c1cccnc1N1CCN(Cc2ccccc2S(=O)(=O)N(C)C)CC1.Cl. The van der Waals surface area contributed by atoms with Gasteiger partial charge in [-0.25, -0.2) is 22.5 Å². The fraction of sp³-hybridized carbons (Fsp3) is 0.455. The molecule has 1 fully saturated rings. The van der Waals surface area contributed by atoms with Gasteiger partial charge >= 0.3 is 5.97 Å². The molecular formula is C22H31ClN4O4S. The summed E-state index contributed by atoms with van der Waals surface area (Å²) in [6, 6.07) is 10.6. The van der Waals surface area contributed by atoms with Crippen molar-refractivity contribution in [2.24, 2.45) is 0 Å². The van der Waals surface area contributed by atoms with Gasteiger partial charge in [-0.3, -0.25) is 4.90 Å². The Hall–Kier alpha value is -2.20. The highest BCUT2D eigenvalue weighted by Gasteiger charge is 2.26. The topological polar surface area (TPSA) is 83.0 Å². The van der Waals surface area contributed by atoms with Gasteiger partial charge in [0.15, 0.2) is 0 Å². The standard InChI is InChI=1S/C22H30N4O4S.ClH/c1-17(2)30-22(27)19-9-7-11-23-21(19)26-14-12-25(13-15-26)16-18-8-5-6-10-20(18)31(28,29)24(3)4;/h5-11,17H,12-16H2,1-4H3;1H. The molecule has 3 rings (SSSR count). The molecule has 0 saturated carbocycles. The highest BCUT2D eigenvalue weighted by atomic mass is 35.5. The lowest BCUT2D eigenvalue weighted by Crippen LogP contribution is -2.47. The molecule has 2 heterocycles. The molecule has 10 heteroatoms. The smallest absolute Gasteiger partial charge is 0.342 e. The number of benzene rings is 1. The summed E-state index contributed by atoms with van der Waals surface area (Å²) < 4.78 is 31.9. The van der Waals surface area contributed by atoms with Crippen molar-refractivity contribution in [3.8, 4) is 0 Å². The van der Waals surface area contributed by atoms with Crippen molar-refractivity contribution in [3.05, 3.63) is 53.7 Å². The zero-order chi connectivity index (χ0) is 22.6. The average Bonchev–Trinajstić information content (AvgIpc) is 2.74. The van der Waals surface area contributed by atoms with Crippen LogP contribution in [0.15, 0.2) is 47.5 Å². The van der Waals surface area contributed by atoms with E-state index in [0.29, 0.717) is 35.9 Å². The number of anilines is 1. The van der Waals surface area contributed by atoms with E-state index in [-0.39, 0.29) is 24.5 Å². The third-order valence-corrected chi connectivity index (χ3v) is 7.06. The number of pyridine rings is 1. The minimum absolute atomic E-state index is 0. The number of rotatable bonds is 7. The molecule has 0 radical (unpaired) electrons. The molecule has 0 bridgehead atoms. The highest BCUT2D eigenvalue weighted by Crippen LogP contribution is 2.23. The van der Waals surface area contributed by atoms with Gasteiger partial charge in [0.2, 0.25) is 10.0 Å². The van der Waals surface area contributed by atoms with Crippen LogP contribution in [0.4, 0.5) is 5.82 Å². The summed E-state index contributed by atoms with van der Waals surface area (Å²) in [7, 11) is -0.420. The van der Waals surface area contributed by atoms with Crippen LogP contribution in [0.1, 0.15) is 29.8 Å². The minimum atomic E-state index is -3.50. The molecule has 1 aliphatic heterocycles. The molecule has 0 aliphatic carbocycles. The predicted molar refractivity (Wildman–Crippen MR) is 127 cm³/mol. The number of sulfonamides is 1. The number of ether oxygens (including phenoxy) is 1. The summed E-state index contributed by atoms with van der Waals surface area (Å²) >= 11 is 0. The molecule has 176 valence electrons. The van der Waals surface area contributed by atoms with Crippen LogP contribution in [0.3, 0.4) is 0 Å². The summed E-state index contributed by atoms with van der Waals surface area (Å²) in [5.41, 5.74) is 1.25. The molecule has 0 N–H and O–H groups in total. The Balaban J connectivity index is 0.00000363. The Morgan fingerprint density at radius 3 is 2.38 bits per heavy atom. The van der Waals surface area contributed by atoms with Gasteiger partial charge in [0.25, 0.3) is 0 Å². The summed E-state index contributed by atoms with van der Waals surface area (Å²) in [6.07, 6.45) is 1.48. The van der Waals surface area contributed by atoms with Gasteiger partial charge in [-0.1, -0.05) is 18.2 Å². The number of carbonyl (C=O) groups excluding carboxylic acids is 1. The van der Waals surface area contributed by atoms with Gasteiger partial charge in [-0.05, 0) is 37.6 Å². The summed E-state index contributed by atoms with van der Waals surface area (Å²) in [5.74, 6) is 0.256. The lowest BCUT2D eigenvalue weighted by molar-refractivity contribution is 0.0378. The van der Waals surface area contributed by atoms with E-state index in [9.17, 15) is 13.2 Å². The van der Waals surface area contributed by atoms with Crippen LogP contribution in [0.5, 0.6) is 0 Å². The van der Waals surface area contributed by atoms with Gasteiger partial charge < -0.3 is 9.64 Å². The Labute approximate surface area is 196 Å². The normalized spacial score (nSPS) is 15.0. The largest absolute Gasteiger partial charge is 0.459 e. The van der Waals surface area contributed by atoms with Crippen molar-refractivity contribution in [1.29, 1.82) is 0 Å². The fourth-order valence-corrected chi connectivity index (χ4v) is 4.64. The first-order valence-corrected chi connectivity index (χ1v) is 11.8. The lowest BCUT2D eigenvalue weighted by Gasteiger charge is -2.36. The molecule has 1 aromatic heterocycles. The van der Waals surface area contributed by atoms with E-state index >= 15 is 0 Å². The Kier molecular flexibility index (Phi) is 9.03. The van der Waals surface area contributed by atoms with E-state index in [2.05, 4.69) is 14.8 Å². The van der Waals surface area contributed by atoms with Gasteiger partial charge in [0.05, 0.1) is 11.0 Å². The number of hydrogen-bond donors (Lipinski definition) is 0. The summed E-state index contributed by atoms with van der Waals surface area (Å²) in [5, 5.41) is 0. The zero-order valence-corrected chi connectivity index (χ0v) is 20.5. The Morgan fingerprint density at radius 1 is 1.09 bits per heavy atom. The number of piperazine rings is 1. The maximum atomic E-state index is 12.7. The molecule has 1 saturated heterocycles. The van der Waals surface area contributed by atoms with E-state index in [1.54, 1.807) is 44.6 Å². The summed E-state index contributed by atoms with van der Waals surface area (Å²) in [6.45, 7) is 7.00. The molecule has 1 aromatic carbocycles. The van der Waals surface area contributed by atoms with Gasteiger partial charge in [0.1, 0.15) is 11.4 Å². The molecular weight excluding hydrogens is 452 g/mol.